The van der Waals surface area contributed by atoms with E-state index in [1.165, 1.54) is 19.1 Å². The third kappa shape index (κ3) is 4.00. The zero-order valence-corrected chi connectivity index (χ0v) is 6.68. The van der Waals surface area contributed by atoms with E-state index in [1.807, 2.05) is 0 Å². The molecule has 12 heavy (non-hydrogen) atoms. The Morgan fingerprint density at radius 2 is 2.00 bits per heavy atom. The van der Waals surface area contributed by atoms with Gasteiger partial charge in [-0.2, -0.15) is 13.2 Å². The molecular weight excluding hydrogens is 173 g/mol. The van der Waals surface area contributed by atoms with Crippen molar-refractivity contribution in [1.82, 2.24) is 0 Å². The highest BCUT2D eigenvalue weighted by molar-refractivity contribution is 5.75. The van der Waals surface area contributed by atoms with Crippen LogP contribution in [0.2, 0.25) is 0 Å². The van der Waals surface area contributed by atoms with Crippen LogP contribution in [0, 0.1) is 0 Å². The Labute approximate surface area is 68.0 Å². The molecule has 0 heterocycles. The standard InChI is InChI=1S/C7H9F3O2/c1-3-4-5(2)12-6(11)7(8,9)10/h3-5H,1-2H3. The van der Waals surface area contributed by atoms with Gasteiger partial charge >= 0.3 is 12.1 Å². The van der Waals surface area contributed by atoms with Crippen molar-refractivity contribution in [2.75, 3.05) is 0 Å². The summed E-state index contributed by atoms with van der Waals surface area (Å²) < 4.78 is 38.7. The zero-order chi connectivity index (χ0) is 9.78. The van der Waals surface area contributed by atoms with Gasteiger partial charge in [0.2, 0.25) is 0 Å². The molecule has 0 fully saturated rings. The van der Waals surface area contributed by atoms with Gasteiger partial charge in [0.25, 0.3) is 0 Å². The number of carbonyl (C=O) groups excluding carboxylic acids is 1. The molecule has 0 aliphatic carbocycles. The molecule has 0 aliphatic heterocycles. The van der Waals surface area contributed by atoms with Crippen LogP contribution in [0.25, 0.3) is 0 Å². The van der Waals surface area contributed by atoms with E-state index in [0.29, 0.717) is 0 Å². The van der Waals surface area contributed by atoms with Gasteiger partial charge in [-0.1, -0.05) is 6.08 Å². The maximum Gasteiger partial charge on any atom is 0.490 e. The van der Waals surface area contributed by atoms with Crippen molar-refractivity contribution >= 4 is 5.97 Å². The van der Waals surface area contributed by atoms with Gasteiger partial charge in [0.15, 0.2) is 0 Å². The second-order valence-corrected chi connectivity index (χ2v) is 2.13. The molecule has 0 amide bonds. The summed E-state index contributed by atoms with van der Waals surface area (Å²) in [4.78, 5) is 10.2. The van der Waals surface area contributed by atoms with Crippen LogP contribution in [0.3, 0.4) is 0 Å². The highest BCUT2D eigenvalue weighted by atomic mass is 19.4. The molecule has 0 rings (SSSR count). The van der Waals surface area contributed by atoms with Crippen LogP contribution in [-0.2, 0) is 9.53 Å². The van der Waals surface area contributed by atoms with Gasteiger partial charge < -0.3 is 4.74 Å². The van der Waals surface area contributed by atoms with Crippen molar-refractivity contribution in [1.29, 1.82) is 0 Å². The SMILES string of the molecule is CC=CC(C)OC(=O)C(F)(F)F. The minimum atomic E-state index is -4.91. The summed E-state index contributed by atoms with van der Waals surface area (Å²) in [6.45, 7) is 2.97. The predicted molar refractivity (Wildman–Crippen MR) is 36.4 cm³/mol. The molecule has 0 aromatic carbocycles. The number of allylic oxidation sites excluding steroid dienone is 1. The maximum atomic E-state index is 11.6. The van der Waals surface area contributed by atoms with Gasteiger partial charge in [-0.3, -0.25) is 0 Å². The van der Waals surface area contributed by atoms with E-state index in [9.17, 15) is 18.0 Å². The molecule has 1 unspecified atom stereocenters. The molecule has 5 heteroatoms. The van der Waals surface area contributed by atoms with Crippen molar-refractivity contribution in [3.05, 3.63) is 12.2 Å². The van der Waals surface area contributed by atoms with Crippen LogP contribution in [0.1, 0.15) is 13.8 Å². The number of halogens is 3. The summed E-state index contributed by atoms with van der Waals surface area (Å²) in [5.74, 6) is -2.16. The summed E-state index contributed by atoms with van der Waals surface area (Å²) >= 11 is 0. The van der Waals surface area contributed by atoms with Crippen LogP contribution in [0.4, 0.5) is 13.2 Å². The van der Waals surface area contributed by atoms with Crippen molar-refractivity contribution in [2.24, 2.45) is 0 Å². The second-order valence-electron chi connectivity index (χ2n) is 2.13. The largest absolute Gasteiger partial charge is 0.490 e. The minimum Gasteiger partial charge on any atom is -0.452 e. The lowest BCUT2D eigenvalue weighted by Crippen LogP contribution is -2.28. The second kappa shape index (κ2) is 4.13. The van der Waals surface area contributed by atoms with E-state index in [1.54, 1.807) is 6.92 Å². The van der Waals surface area contributed by atoms with Crippen LogP contribution >= 0.6 is 0 Å². The first-order valence-corrected chi connectivity index (χ1v) is 3.28. The lowest BCUT2D eigenvalue weighted by Gasteiger charge is -2.10. The number of hydrogen-bond donors (Lipinski definition) is 0. The number of alkyl halides is 3. The van der Waals surface area contributed by atoms with E-state index in [2.05, 4.69) is 4.74 Å². The van der Waals surface area contributed by atoms with Crippen LogP contribution in [0.5, 0.6) is 0 Å². The van der Waals surface area contributed by atoms with E-state index in [-0.39, 0.29) is 0 Å². The number of esters is 1. The Morgan fingerprint density at radius 1 is 1.50 bits per heavy atom. The van der Waals surface area contributed by atoms with Crippen molar-refractivity contribution in [3.8, 4) is 0 Å². The van der Waals surface area contributed by atoms with Crippen molar-refractivity contribution in [3.63, 3.8) is 0 Å². The molecule has 0 N–H and O–H groups in total. The smallest absolute Gasteiger partial charge is 0.452 e. The number of ether oxygens (including phenoxy) is 1. The summed E-state index contributed by atoms with van der Waals surface area (Å²) in [6, 6.07) is 0. The average Bonchev–Trinajstić information content (AvgIpc) is 1.85. The Hall–Kier alpha value is -1.00. The molecule has 70 valence electrons. The Bertz CT molecular complexity index is 184. The van der Waals surface area contributed by atoms with Crippen molar-refractivity contribution in [2.45, 2.75) is 26.1 Å². The van der Waals surface area contributed by atoms with Gasteiger partial charge in [-0.15, -0.1) is 0 Å². The summed E-state index contributed by atoms with van der Waals surface area (Å²) in [7, 11) is 0. The monoisotopic (exact) mass is 182 g/mol. The third-order valence-electron chi connectivity index (χ3n) is 0.988. The summed E-state index contributed by atoms with van der Waals surface area (Å²) in [5.41, 5.74) is 0. The first kappa shape index (κ1) is 11.0. The maximum absolute atomic E-state index is 11.6. The summed E-state index contributed by atoms with van der Waals surface area (Å²) in [6.07, 6.45) is -2.89. The zero-order valence-electron chi connectivity index (χ0n) is 6.68. The first-order valence-electron chi connectivity index (χ1n) is 3.28. The fourth-order valence-electron chi connectivity index (χ4n) is 0.546. The first-order chi connectivity index (χ1) is 5.38. The van der Waals surface area contributed by atoms with Gasteiger partial charge in [0.05, 0.1) is 0 Å². The number of rotatable bonds is 2. The minimum absolute atomic E-state index is 0.843. The third-order valence-corrected chi connectivity index (χ3v) is 0.988. The summed E-state index contributed by atoms with van der Waals surface area (Å²) in [5, 5.41) is 0. The molecule has 0 aromatic rings. The molecule has 1 atom stereocenters. The quantitative estimate of drug-likeness (QED) is 0.482. The molecule has 0 aromatic heterocycles. The molecule has 0 radical (unpaired) electrons. The van der Waals surface area contributed by atoms with Crippen LogP contribution in [-0.4, -0.2) is 18.2 Å². The fourth-order valence-corrected chi connectivity index (χ4v) is 0.546. The predicted octanol–water partition coefficient (Wildman–Crippen LogP) is 2.06. The molecular formula is C7H9F3O2. The Morgan fingerprint density at radius 3 is 2.33 bits per heavy atom. The lowest BCUT2D eigenvalue weighted by atomic mass is 10.3. The van der Waals surface area contributed by atoms with E-state index in [0.717, 1.165) is 0 Å². The van der Waals surface area contributed by atoms with E-state index >= 15 is 0 Å². The van der Waals surface area contributed by atoms with Crippen LogP contribution < -0.4 is 0 Å². The van der Waals surface area contributed by atoms with E-state index < -0.39 is 18.2 Å². The lowest BCUT2D eigenvalue weighted by molar-refractivity contribution is -0.202. The van der Waals surface area contributed by atoms with Gasteiger partial charge in [-0.05, 0) is 19.9 Å². The van der Waals surface area contributed by atoms with Gasteiger partial charge in [0.1, 0.15) is 6.10 Å². The molecule has 0 bridgehead atoms. The normalized spacial score (nSPS) is 14.8. The number of hydrogen-bond acceptors (Lipinski definition) is 2. The van der Waals surface area contributed by atoms with Crippen LogP contribution in [0.15, 0.2) is 12.2 Å². The van der Waals surface area contributed by atoms with Gasteiger partial charge in [0, 0.05) is 0 Å². The molecule has 0 aliphatic rings. The highest BCUT2D eigenvalue weighted by Crippen LogP contribution is 2.17. The average molecular weight is 182 g/mol. The fraction of sp³-hybridized carbons (Fsp3) is 0.571. The van der Waals surface area contributed by atoms with E-state index in [4.69, 9.17) is 0 Å². The topological polar surface area (TPSA) is 26.3 Å². The molecule has 2 nitrogen and oxygen atoms in total. The number of carbonyl (C=O) groups is 1. The van der Waals surface area contributed by atoms with Crippen molar-refractivity contribution < 1.29 is 22.7 Å². The highest BCUT2D eigenvalue weighted by Gasteiger charge is 2.41. The molecule has 0 saturated carbocycles. The Balaban J connectivity index is 4.02. The molecule has 0 spiro atoms. The van der Waals surface area contributed by atoms with Gasteiger partial charge in [-0.25, -0.2) is 4.79 Å². The molecule has 0 saturated heterocycles. The Kier molecular flexibility index (Phi) is 3.79.